The van der Waals surface area contributed by atoms with Gasteiger partial charge in [-0.05, 0) is 26.7 Å². The zero-order valence-corrected chi connectivity index (χ0v) is 8.83. The Morgan fingerprint density at radius 3 is 1.75 bits per heavy atom. The van der Waals surface area contributed by atoms with E-state index in [1.807, 2.05) is 0 Å². The van der Waals surface area contributed by atoms with Crippen molar-refractivity contribution in [2.24, 2.45) is 0 Å². The Hall–Kier alpha value is -0.0800. The van der Waals surface area contributed by atoms with E-state index in [1.54, 1.807) is 0 Å². The SMILES string of the molecule is CC[C@]1(C)CNC[C@@](C)(CC)N1. The second-order valence-electron chi connectivity index (χ2n) is 4.56. The van der Waals surface area contributed by atoms with Crippen molar-refractivity contribution >= 4 is 0 Å². The second-order valence-corrected chi connectivity index (χ2v) is 4.56. The average Bonchev–Trinajstić information content (AvgIpc) is 2.05. The van der Waals surface area contributed by atoms with Crippen LogP contribution in [0.3, 0.4) is 0 Å². The molecule has 1 rings (SSSR count). The van der Waals surface area contributed by atoms with Crippen LogP contribution in [0.15, 0.2) is 0 Å². The number of hydrogen-bond donors (Lipinski definition) is 2. The van der Waals surface area contributed by atoms with Gasteiger partial charge in [0.2, 0.25) is 0 Å². The van der Waals surface area contributed by atoms with E-state index in [1.165, 1.54) is 12.8 Å². The molecule has 1 aliphatic heterocycles. The highest BCUT2D eigenvalue weighted by Crippen LogP contribution is 2.20. The van der Waals surface area contributed by atoms with Crippen molar-refractivity contribution in [1.82, 2.24) is 10.6 Å². The molecule has 2 N–H and O–H groups in total. The minimum Gasteiger partial charge on any atom is -0.313 e. The van der Waals surface area contributed by atoms with Gasteiger partial charge in [-0.15, -0.1) is 0 Å². The van der Waals surface area contributed by atoms with Crippen LogP contribution in [0.25, 0.3) is 0 Å². The molecule has 1 saturated heterocycles. The highest BCUT2D eigenvalue weighted by atomic mass is 15.2. The van der Waals surface area contributed by atoms with E-state index in [0.717, 1.165) is 13.1 Å². The Morgan fingerprint density at radius 2 is 1.42 bits per heavy atom. The highest BCUT2D eigenvalue weighted by Gasteiger charge is 2.35. The molecular weight excluding hydrogens is 148 g/mol. The minimum absolute atomic E-state index is 0.295. The largest absolute Gasteiger partial charge is 0.313 e. The molecule has 2 heteroatoms. The van der Waals surface area contributed by atoms with Gasteiger partial charge in [-0.1, -0.05) is 13.8 Å². The zero-order chi connectivity index (χ0) is 9.24. The van der Waals surface area contributed by atoms with Crippen LogP contribution in [0.5, 0.6) is 0 Å². The third-order valence-corrected chi connectivity index (χ3v) is 3.19. The van der Waals surface area contributed by atoms with E-state index in [2.05, 4.69) is 38.3 Å². The van der Waals surface area contributed by atoms with Crippen LogP contribution in [-0.2, 0) is 0 Å². The third kappa shape index (κ3) is 1.99. The number of rotatable bonds is 2. The Morgan fingerprint density at radius 1 is 1.00 bits per heavy atom. The average molecular weight is 170 g/mol. The Balaban J connectivity index is 2.62. The van der Waals surface area contributed by atoms with E-state index in [4.69, 9.17) is 0 Å². The van der Waals surface area contributed by atoms with E-state index in [9.17, 15) is 0 Å². The van der Waals surface area contributed by atoms with Crippen molar-refractivity contribution in [3.63, 3.8) is 0 Å². The van der Waals surface area contributed by atoms with Crippen LogP contribution in [0.4, 0.5) is 0 Å². The monoisotopic (exact) mass is 170 g/mol. The first-order chi connectivity index (χ1) is 5.54. The van der Waals surface area contributed by atoms with Crippen LogP contribution >= 0.6 is 0 Å². The number of hydrogen-bond acceptors (Lipinski definition) is 2. The number of nitrogens with one attached hydrogen (secondary N) is 2. The molecule has 0 aromatic rings. The summed E-state index contributed by atoms with van der Waals surface area (Å²) < 4.78 is 0. The molecule has 2 nitrogen and oxygen atoms in total. The first kappa shape index (κ1) is 10.0. The van der Waals surface area contributed by atoms with Gasteiger partial charge in [-0.3, -0.25) is 0 Å². The summed E-state index contributed by atoms with van der Waals surface area (Å²) in [4.78, 5) is 0. The summed E-state index contributed by atoms with van der Waals surface area (Å²) in [6, 6.07) is 0. The summed E-state index contributed by atoms with van der Waals surface area (Å²) >= 11 is 0. The van der Waals surface area contributed by atoms with Gasteiger partial charge in [-0.25, -0.2) is 0 Å². The molecule has 12 heavy (non-hydrogen) atoms. The Labute approximate surface area is 76.1 Å². The van der Waals surface area contributed by atoms with E-state index < -0.39 is 0 Å². The molecule has 72 valence electrons. The standard InChI is InChI=1S/C10H22N2/c1-5-9(3)7-11-8-10(4,6-2)12-9/h11-12H,5-8H2,1-4H3/t9-,10-/m1/s1. The topological polar surface area (TPSA) is 24.1 Å². The lowest BCUT2D eigenvalue weighted by Gasteiger charge is -2.46. The summed E-state index contributed by atoms with van der Waals surface area (Å²) in [5.41, 5.74) is 0.589. The summed E-state index contributed by atoms with van der Waals surface area (Å²) in [5, 5.41) is 7.25. The van der Waals surface area contributed by atoms with Gasteiger partial charge in [0.25, 0.3) is 0 Å². The molecule has 0 aliphatic carbocycles. The van der Waals surface area contributed by atoms with Crippen molar-refractivity contribution in [2.45, 2.75) is 51.6 Å². The van der Waals surface area contributed by atoms with Gasteiger partial charge in [0, 0.05) is 24.2 Å². The van der Waals surface area contributed by atoms with Gasteiger partial charge in [0.05, 0.1) is 0 Å². The fourth-order valence-corrected chi connectivity index (χ4v) is 1.86. The summed E-state index contributed by atoms with van der Waals surface area (Å²) in [7, 11) is 0. The van der Waals surface area contributed by atoms with E-state index in [0.29, 0.717) is 11.1 Å². The molecular formula is C10H22N2. The summed E-state index contributed by atoms with van der Waals surface area (Å²) in [6.45, 7) is 11.3. The summed E-state index contributed by atoms with van der Waals surface area (Å²) in [5.74, 6) is 0. The van der Waals surface area contributed by atoms with Gasteiger partial charge in [0.1, 0.15) is 0 Å². The maximum absolute atomic E-state index is 3.74. The van der Waals surface area contributed by atoms with Crippen molar-refractivity contribution in [2.75, 3.05) is 13.1 Å². The summed E-state index contributed by atoms with van der Waals surface area (Å²) in [6.07, 6.45) is 2.38. The van der Waals surface area contributed by atoms with E-state index >= 15 is 0 Å². The molecule has 0 amide bonds. The van der Waals surface area contributed by atoms with Crippen molar-refractivity contribution < 1.29 is 0 Å². The Kier molecular flexibility index (Phi) is 2.79. The fourth-order valence-electron chi connectivity index (χ4n) is 1.86. The quantitative estimate of drug-likeness (QED) is 0.656. The normalized spacial score (nSPS) is 43.0. The smallest absolute Gasteiger partial charge is 0.0280 e. The minimum atomic E-state index is 0.295. The molecule has 0 spiro atoms. The van der Waals surface area contributed by atoms with Gasteiger partial charge in [-0.2, -0.15) is 0 Å². The molecule has 0 bridgehead atoms. The van der Waals surface area contributed by atoms with Crippen molar-refractivity contribution in [3.05, 3.63) is 0 Å². The molecule has 0 aromatic carbocycles. The van der Waals surface area contributed by atoms with Crippen molar-refractivity contribution in [3.8, 4) is 0 Å². The molecule has 1 aliphatic rings. The lowest BCUT2D eigenvalue weighted by molar-refractivity contribution is 0.163. The van der Waals surface area contributed by atoms with Crippen LogP contribution in [0, 0.1) is 0 Å². The molecule has 2 atom stereocenters. The lowest BCUT2D eigenvalue weighted by atomic mass is 9.87. The highest BCUT2D eigenvalue weighted by molar-refractivity contribution is 4.99. The van der Waals surface area contributed by atoms with E-state index in [-0.39, 0.29) is 0 Å². The second kappa shape index (κ2) is 3.35. The lowest BCUT2D eigenvalue weighted by Crippen LogP contribution is -2.67. The molecule has 0 aromatic heterocycles. The van der Waals surface area contributed by atoms with Crippen LogP contribution < -0.4 is 10.6 Å². The van der Waals surface area contributed by atoms with Crippen LogP contribution in [-0.4, -0.2) is 24.2 Å². The number of piperazine rings is 1. The zero-order valence-electron chi connectivity index (χ0n) is 8.83. The predicted molar refractivity (Wildman–Crippen MR) is 53.4 cm³/mol. The van der Waals surface area contributed by atoms with Gasteiger partial charge >= 0.3 is 0 Å². The van der Waals surface area contributed by atoms with Gasteiger partial charge in [0.15, 0.2) is 0 Å². The molecule has 1 heterocycles. The first-order valence-electron chi connectivity index (χ1n) is 5.04. The molecule has 0 radical (unpaired) electrons. The fraction of sp³-hybridized carbons (Fsp3) is 1.00. The van der Waals surface area contributed by atoms with Crippen LogP contribution in [0.2, 0.25) is 0 Å². The maximum atomic E-state index is 3.74. The molecule has 0 saturated carbocycles. The predicted octanol–water partition coefficient (Wildman–Crippen LogP) is 1.52. The third-order valence-electron chi connectivity index (χ3n) is 3.19. The molecule has 1 fully saturated rings. The van der Waals surface area contributed by atoms with Crippen molar-refractivity contribution in [1.29, 1.82) is 0 Å². The van der Waals surface area contributed by atoms with Gasteiger partial charge < -0.3 is 10.6 Å². The van der Waals surface area contributed by atoms with Crippen LogP contribution in [0.1, 0.15) is 40.5 Å². The maximum Gasteiger partial charge on any atom is 0.0280 e. The molecule has 0 unspecified atom stereocenters. The Bertz CT molecular complexity index is 142. The first-order valence-corrected chi connectivity index (χ1v) is 5.04.